The summed E-state index contributed by atoms with van der Waals surface area (Å²) in [5.41, 5.74) is 2.57. The molecule has 1 aromatic heterocycles. The van der Waals surface area contributed by atoms with Crippen molar-refractivity contribution >= 4 is 23.7 Å². The molecule has 0 saturated heterocycles. The van der Waals surface area contributed by atoms with Crippen LogP contribution < -0.4 is 14.8 Å². The highest BCUT2D eigenvalue weighted by molar-refractivity contribution is 5.93. The standard InChI is InChI=1S/C23H28N4O4/c1-5-31-19-8-6-7-17(22(19)30-4)14-27(3)21(29)10-9-16-11-18-13-26(2)15-20(28)25-23(18)24-12-16/h6-12H,5,13-15H2,1-4H3,(H,24,25,28)/b10-9+. The number of likely N-dealkylation sites (N-methyl/N-ethyl adjacent to an activating group) is 2. The van der Waals surface area contributed by atoms with Crippen LogP contribution in [0.25, 0.3) is 6.08 Å². The van der Waals surface area contributed by atoms with Gasteiger partial charge >= 0.3 is 0 Å². The summed E-state index contributed by atoms with van der Waals surface area (Å²) in [5.74, 6) is 1.62. The molecule has 2 heterocycles. The Hall–Kier alpha value is -3.39. The van der Waals surface area contributed by atoms with Crippen LogP contribution in [0.3, 0.4) is 0 Å². The van der Waals surface area contributed by atoms with Crippen LogP contribution in [0.15, 0.2) is 36.5 Å². The molecule has 1 N–H and O–H groups in total. The van der Waals surface area contributed by atoms with E-state index in [4.69, 9.17) is 9.47 Å². The van der Waals surface area contributed by atoms with Crippen LogP contribution in [-0.4, -0.2) is 61.0 Å². The lowest BCUT2D eigenvalue weighted by molar-refractivity contribution is -0.125. The van der Waals surface area contributed by atoms with Gasteiger partial charge in [-0.2, -0.15) is 0 Å². The summed E-state index contributed by atoms with van der Waals surface area (Å²) < 4.78 is 11.1. The number of aromatic nitrogens is 1. The zero-order chi connectivity index (χ0) is 22.4. The zero-order valence-electron chi connectivity index (χ0n) is 18.3. The molecule has 3 rings (SSSR count). The Balaban J connectivity index is 1.70. The number of nitrogens with zero attached hydrogens (tertiary/aromatic N) is 3. The van der Waals surface area contributed by atoms with Gasteiger partial charge in [0, 0.05) is 43.5 Å². The SMILES string of the molecule is CCOc1cccc(CN(C)C(=O)/C=C/c2cnc3c(c2)CN(C)CC(=O)N3)c1OC. The van der Waals surface area contributed by atoms with Crippen molar-refractivity contribution in [3.63, 3.8) is 0 Å². The van der Waals surface area contributed by atoms with Crippen LogP contribution in [0.2, 0.25) is 0 Å². The van der Waals surface area contributed by atoms with E-state index in [1.807, 2.05) is 43.1 Å². The minimum Gasteiger partial charge on any atom is -0.493 e. The second-order valence-corrected chi connectivity index (χ2v) is 7.41. The summed E-state index contributed by atoms with van der Waals surface area (Å²) in [6, 6.07) is 7.58. The van der Waals surface area contributed by atoms with Crippen LogP contribution >= 0.6 is 0 Å². The molecule has 0 radical (unpaired) electrons. The Labute approximate surface area is 182 Å². The van der Waals surface area contributed by atoms with Crippen molar-refractivity contribution in [2.75, 3.05) is 39.7 Å². The first-order valence-corrected chi connectivity index (χ1v) is 10.1. The van der Waals surface area contributed by atoms with Crippen LogP contribution in [0.1, 0.15) is 23.6 Å². The average Bonchev–Trinajstić information content (AvgIpc) is 2.88. The van der Waals surface area contributed by atoms with Gasteiger partial charge in [-0.25, -0.2) is 4.98 Å². The second kappa shape index (κ2) is 10.1. The number of nitrogens with one attached hydrogen (secondary N) is 1. The number of carbonyl (C=O) groups excluding carboxylic acids is 2. The number of hydrogen-bond acceptors (Lipinski definition) is 6. The predicted octanol–water partition coefficient (Wildman–Crippen LogP) is 2.54. The fraction of sp³-hybridized carbons (Fsp3) is 0.348. The molecule has 0 fully saturated rings. The maximum absolute atomic E-state index is 12.7. The van der Waals surface area contributed by atoms with Gasteiger partial charge in [0.15, 0.2) is 11.5 Å². The van der Waals surface area contributed by atoms with E-state index < -0.39 is 0 Å². The Morgan fingerprint density at radius 1 is 1.35 bits per heavy atom. The van der Waals surface area contributed by atoms with Gasteiger partial charge < -0.3 is 19.7 Å². The van der Waals surface area contributed by atoms with Crippen molar-refractivity contribution in [3.8, 4) is 11.5 Å². The summed E-state index contributed by atoms with van der Waals surface area (Å²) >= 11 is 0. The van der Waals surface area contributed by atoms with Gasteiger partial charge in [-0.3, -0.25) is 14.5 Å². The summed E-state index contributed by atoms with van der Waals surface area (Å²) in [5, 5.41) is 2.80. The lowest BCUT2D eigenvalue weighted by atomic mass is 10.1. The summed E-state index contributed by atoms with van der Waals surface area (Å²) in [6.07, 6.45) is 4.89. The topological polar surface area (TPSA) is 84.0 Å². The quantitative estimate of drug-likeness (QED) is 0.688. The molecule has 31 heavy (non-hydrogen) atoms. The Morgan fingerprint density at radius 3 is 2.90 bits per heavy atom. The number of benzene rings is 1. The van der Waals surface area contributed by atoms with E-state index in [1.165, 1.54) is 6.08 Å². The van der Waals surface area contributed by atoms with Crippen LogP contribution in [-0.2, 0) is 22.7 Å². The molecule has 2 aromatic rings. The van der Waals surface area contributed by atoms with E-state index in [0.29, 0.717) is 43.6 Å². The molecule has 2 amide bonds. The number of methoxy groups -OCH3 is 1. The first kappa shape index (κ1) is 22.3. The third kappa shape index (κ3) is 5.61. The lowest BCUT2D eigenvalue weighted by Crippen LogP contribution is -2.26. The largest absolute Gasteiger partial charge is 0.493 e. The number of rotatable bonds is 7. The third-order valence-corrected chi connectivity index (χ3v) is 4.87. The summed E-state index contributed by atoms with van der Waals surface area (Å²) in [6.45, 7) is 3.75. The van der Waals surface area contributed by atoms with Gasteiger partial charge in [0.1, 0.15) is 5.82 Å². The number of amides is 2. The zero-order valence-corrected chi connectivity index (χ0v) is 18.3. The Kier molecular flexibility index (Phi) is 7.25. The average molecular weight is 425 g/mol. The highest BCUT2D eigenvalue weighted by atomic mass is 16.5. The smallest absolute Gasteiger partial charge is 0.246 e. The number of anilines is 1. The number of para-hydroxylation sites is 1. The monoisotopic (exact) mass is 424 g/mol. The molecule has 8 heteroatoms. The highest BCUT2D eigenvalue weighted by Crippen LogP contribution is 2.31. The van der Waals surface area contributed by atoms with Crippen molar-refractivity contribution in [2.24, 2.45) is 0 Å². The molecule has 1 aliphatic rings. The van der Waals surface area contributed by atoms with Gasteiger partial charge in [-0.1, -0.05) is 12.1 Å². The fourth-order valence-corrected chi connectivity index (χ4v) is 3.43. The summed E-state index contributed by atoms with van der Waals surface area (Å²) in [7, 11) is 5.21. The summed E-state index contributed by atoms with van der Waals surface area (Å²) in [4.78, 5) is 32.3. The van der Waals surface area contributed by atoms with Crippen LogP contribution in [0.4, 0.5) is 5.82 Å². The lowest BCUT2D eigenvalue weighted by Gasteiger charge is -2.19. The number of ether oxygens (including phenoxy) is 2. The first-order valence-electron chi connectivity index (χ1n) is 10.1. The molecule has 0 spiro atoms. The second-order valence-electron chi connectivity index (χ2n) is 7.41. The van der Waals surface area contributed by atoms with Crippen molar-refractivity contribution < 1.29 is 19.1 Å². The third-order valence-electron chi connectivity index (χ3n) is 4.87. The van der Waals surface area contributed by atoms with Gasteiger partial charge in [0.25, 0.3) is 0 Å². The minimum absolute atomic E-state index is 0.0855. The van der Waals surface area contributed by atoms with E-state index in [-0.39, 0.29) is 11.8 Å². The molecule has 164 valence electrons. The van der Waals surface area contributed by atoms with Gasteiger partial charge in [-0.15, -0.1) is 0 Å². The first-order chi connectivity index (χ1) is 14.9. The number of fused-ring (bicyclic) bond motifs is 1. The van der Waals surface area contributed by atoms with Gasteiger partial charge in [0.05, 0.1) is 20.3 Å². The van der Waals surface area contributed by atoms with E-state index in [2.05, 4.69) is 10.3 Å². The molecule has 0 atom stereocenters. The molecule has 0 aliphatic carbocycles. The van der Waals surface area contributed by atoms with E-state index >= 15 is 0 Å². The molecule has 1 aliphatic heterocycles. The maximum atomic E-state index is 12.7. The molecule has 8 nitrogen and oxygen atoms in total. The predicted molar refractivity (Wildman–Crippen MR) is 119 cm³/mol. The van der Waals surface area contributed by atoms with Crippen molar-refractivity contribution in [1.29, 1.82) is 0 Å². The number of carbonyl (C=O) groups is 2. The van der Waals surface area contributed by atoms with Gasteiger partial charge in [0.2, 0.25) is 11.8 Å². The Morgan fingerprint density at radius 2 is 2.16 bits per heavy atom. The molecule has 1 aromatic carbocycles. The highest BCUT2D eigenvalue weighted by Gasteiger charge is 2.18. The Bertz CT molecular complexity index is 990. The molecular weight excluding hydrogens is 396 g/mol. The number of pyridine rings is 1. The van der Waals surface area contributed by atoms with E-state index in [9.17, 15) is 9.59 Å². The van der Waals surface area contributed by atoms with Crippen molar-refractivity contribution in [2.45, 2.75) is 20.0 Å². The van der Waals surface area contributed by atoms with Gasteiger partial charge in [-0.05, 0) is 37.7 Å². The van der Waals surface area contributed by atoms with Crippen LogP contribution in [0.5, 0.6) is 11.5 Å². The van der Waals surface area contributed by atoms with Crippen LogP contribution in [0, 0.1) is 0 Å². The van der Waals surface area contributed by atoms with Crippen molar-refractivity contribution in [1.82, 2.24) is 14.8 Å². The minimum atomic E-state index is -0.149. The van der Waals surface area contributed by atoms with Crippen molar-refractivity contribution in [3.05, 3.63) is 53.2 Å². The number of hydrogen-bond donors (Lipinski definition) is 1. The normalized spacial score (nSPS) is 14.0. The molecule has 0 unspecified atom stereocenters. The fourth-order valence-electron chi connectivity index (χ4n) is 3.43. The molecule has 0 saturated carbocycles. The molecular formula is C23H28N4O4. The van der Waals surface area contributed by atoms with E-state index in [0.717, 1.165) is 16.7 Å². The molecule has 0 bridgehead atoms. The maximum Gasteiger partial charge on any atom is 0.246 e. The van der Waals surface area contributed by atoms with E-state index in [1.54, 1.807) is 31.3 Å².